The molecule has 2 N–H and O–H groups in total. The zero-order valence-corrected chi connectivity index (χ0v) is 15.9. The number of aliphatic hydroxyl groups is 2. The molecular weight excluding hydrogens is 400 g/mol. The van der Waals surface area contributed by atoms with Crippen molar-refractivity contribution in [2.24, 2.45) is 0 Å². The zero-order valence-electron chi connectivity index (χ0n) is 15.9. The van der Waals surface area contributed by atoms with Gasteiger partial charge in [-0.3, -0.25) is 14.4 Å². The van der Waals surface area contributed by atoms with Gasteiger partial charge < -0.3 is 14.9 Å². The third kappa shape index (κ3) is 1.80. The first-order valence-electron chi connectivity index (χ1n) is 9.61. The van der Waals surface area contributed by atoms with Crippen molar-refractivity contribution < 1.29 is 29.3 Å². The number of fused-ring (bicyclic) bond motifs is 4. The van der Waals surface area contributed by atoms with Gasteiger partial charge in [-0.15, -0.1) is 0 Å². The van der Waals surface area contributed by atoms with Crippen molar-refractivity contribution in [2.75, 3.05) is 0 Å². The van der Waals surface area contributed by atoms with E-state index in [0.717, 1.165) is 0 Å². The molecule has 3 aliphatic rings. The van der Waals surface area contributed by atoms with Crippen LogP contribution >= 0.6 is 0 Å². The molecule has 3 aromatic rings. The van der Waals surface area contributed by atoms with Gasteiger partial charge in [0.1, 0.15) is 6.33 Å². The standard InChI is InChI=1S/C23H14N2O6/c26-18-12-5-1-2-6-13(12)19(27)21(18)17(16-9-10-24-11-25-16)22(29)20(28)14-7-3-4-8-15(14)23(22,30)31-21/h1-11,17,29-30H/t17-,22-,23+/m1/s1. The lowest BCUT2D eigenvalue weighted by atomic mass is 9.70. The van der Waals surface area contributed by atoms with Crippen molar-refractivity contribution in [1.82, 2.24) is 9.97 Å². The molecule has 0 radical (unpaired) electrons. The molecule has 152 valence electrons. The van der Waals surface area contributed by atoms with Gasteiger partial charge in [0.05, 0.1) is 11.6 Å². The second kappa shape index (κ2) is 5.55. The van der Waals surface area contributed by atoms with Crippen molar-refractivity contribution >= 4 is 17.3 Å². The molecule has 0 unspecified atom stereocenters. The average Bonchev–Trinajstić information content (AvgIpc) is 3.22. The molecule has 0 amide bonds. The molecule has 1 aliphatic heterocycles. The maximum absolute atomic E-state index is 13.6. The molecule has 1 fully saturated rings. The Bertz CT molecular complexity index is 1290. The van der Waals surface area contributed by atoms with Crippen LogP contribution in [0.2, 0.25) is 0 Å². The molecular formula is C23H14N2O6. The molecule has 1 spiro atoms. The molecule has 1 aromatic heterocycles. The maximum atomic E-state index is 13.6. The fraction of sp³-hybridized carbons (Fsp3) is 0.174. The first-order valence-corrected chi connectivity index (χ1v) is 9.61. The molecule has 6 rings (SSSR count). The van der Waals surface area contributed by atoms with E-state index in [-0.39, 0.29) is 27.9 Å². The summed E-state index contributed by atoms with van der Waals surface area (Å²) in [5, 5.41) is 23.5. The Morgan fingerprint density at radius 1 is 0.806 bits per heavy atom. The highest BCUT2D eigenvalue weighted by Crippen LogP contribution is 2.64. The second-order valence-corrected chi connectivity index (χ2v) is 7.89. The lowest BCUT2D eigenvalue weighted by Gasteiger charge is -2.32. The lowest BCUT2D eigenvalue weighted by Crippen LogP contribution is -2.54. The van der Waals surface area contributed by atoms with Crippen LogP contribution in [0.3, 0.4) is 0 Å². The average molecular weight is 414 g/mol. The van der Waals surface area contributed by atoms with E-state index in [4.69, 9.17) is 4.74 Å². The highest BCUT2D eigenvalue weighted by Gasteiger charge is 2.83. The summed E-state index contributed by atoms with van der Waals surface area (Å²) < 4.78 is 5.92. The number of Topliss-reactive ketones (excluding diaryl/α,β-unsaturated/α-hetero) is 3. The number of rotatable bonds is 1. The SMILES string of the molecule is O=C1c2ccccc2C(=O)C12O[C@@]1(O)c3ccccc3C(=O)[C@]1(O)[C@@H]2c1ccncn1. The number of nitrogens with zero attached hydrogens (tertiary/aromatic N) is 2. The summed E-state index contributed by atoms with van der Waals surface area (Å²) in [7, 11) is 0. The molecule has 2 heterocycles. The topological polar surface area (TPSA) is 127 Å². The van der Waals surface area contributed by atoms with Crippen LogP contribution in [0, 0.1) is 0 Å². The van der Waals surface area contributed by atoms with Gasteiger partial charge in [0.25, 0.3) is 0 Å². The number of ketones is 3. The van der Waals surface area contributed by atoms with Gasteiger partial charge in [-0.2, -0.15) is 0 Å². The minimum atomic E-state index is -2.65. The van der Waals surface area contributed by atoms with Crippen LogP contribution in [0.1, 0.15) is 48.2 Å². The summed E-state index contributed by atoms with van der Waals surface area (Å²) in [4.78, 5) is 48.7. The van der Waals surface area contributed by atoms with E-state index in [1.54, 1.807) is 24.3 Å². The minimum Gasteiger partial charge on any atom is -0.376 e. The Labute approximate surface area is 175 Å². The molecule has 2 aliphatic carbocycles. The van der Waals surface area contributed by atoms with Gasteiger partial charge in [0, 0.05) is 28.5 Å². The Hall–Kier alpha value is -3.59. The van der Waals surface area contributed by atoms with E-state index in [9.17, 15) is 24.6 Å². The van der Waals surface area contributed by atoms with Gasteiger partial charge >= 0.3 is 0 Å². The van der Waals surface area contributed by atoms with E-state index in [1.807, 2.05) is 0 Å². The maximum Gasteiger partial charge on any atom is 0.233 e. The quantitative estimate of drug-likeness (QED) is 0.569. The van der Waals surface area contributed by atoms with E-state index >= 15 is 0 Å². The fourth-order valence-corrected chi connectivity index (χ4v) is 5.22. The van der Waals surface area contributed by atoms with E-state index in [1.165, 1.54) is 42.9 Å². The summed E-state index contributed by atoms with van der Waals surface area (Å²) in [6, 6.07) is 13.6. The van der Waals surface area contributed by atoms with Crippen molar-refractivity contribution in [2.45, 2.75) is 22.9 Å². The molecule has 8 nitrogen and oxygen atoms in total. The first-order chi connectivity index (χ1) is 14.9. The van der Waals surface area contributed by atoms with Gasteiger partial charge in [0.2, 0.25) is 28.7 Å². The van der Waals surface area contributed by atoms with E-state index in [2.05, 4.69) is 9.97 Å². The zero-order chi connectivity index (χ0) is 21.6. The van der Waals surface area contributed by atoms with Gasteiger partial charge in [-0.1, -0.05) is 48.5 Å². The minimum absolute atomic E-state index is 0.00464. The molecule has 0 saturated carbocycles. The third-order valence-electron chi connectivity index (χ3n) is 6.52. The molecule has 8 heteroatoms. The number of carbonyl (C=O) groups excluding carboxylic acids is 3. The van der Waals surface area contributed by atoms with Gasteiger partial charge in [-0.05, 0) is 6.07 Å². The Balaban J connectivity index is 1.70. The Morgan fingerprint density at radius 3 is 2.03 bits per heavy atom. The first kappa shape index (κ1) is 18.2. The van der Waals surface area contributed by atoms with Gasteiger partial charge in [0.15, 0.2) is 5.60 Å². The summed E-state index contributed by atoms with van der Waals surface area (Å²) in [5.74, 6) is -6.54. The van der Waals surface area contributed by atoms with Crippen LogP contribution in [-0.4, -0.2) is 48.7 Å². The van der Waals surface area contributed by atoms with Crippen LogP contribution in [0.5, 0.6) is 0 Å². The monoisotopic (exact) mass is 414 g/mol. The number of carbonyl (C=O) groups is 3. The normalized spacial score (nSPS) is 29.9. The van der Waals surface area contributed by atoms with E-state index in [0.29, 0.717) is 0 Å². The molecule has 2 aromatic carbocycles. The summed E-state index contributed by atoms with van der Waals surface area (Å²) in [5.41, 5.74) is -4.74. The van der Waals surface area contributed by atoms with Crippen LogP contribution in [0.4, 0.5) is 0 Å². The van der Waals surface area contributed by atoms with Crippen molar-refractivity contribution in [3.8, 4) is 0 Å². The van der Waals surface area contributed by atoms with Crippen LogP contribution in [0.25, 0.3) is 0 Å². The number of ether oxygens (including phenoxy) is 1. The van der Waals surface area contributed by atoms with Crippen LogP contribution in [-0.2, 0) is 10.5 Å². The second-order valence-electron chi connectivity index (χ2n) is 7.89. The largest absolute Gasteiger partial charge is 0.376 e. The van der Waals surface area contributed by atoms with Crippen LogP contribution in [0.15, 0.2) is 67.1 Å². The number of aromatic nitrogens is 2. The predicted molar refractivity (Wildman–Crippen MR) is 103 cm³/mol. The summed E-state index contributed by atoms with van der Waals surface area (Å²) in [6.45, 7) is 0. The predicted octanol–water partition coefficient (Wildman–Crippen LogP) is 1.18. The molecule has 31 heavy (non-hydrogen) atoms. The molecule has 1 saturated heterocycles. The highest BCUT2D eigenvalue weighted by atomic mass is 16.7. The highest BCUT2D eigenvalue weighted by molar-refractivity contribution is 6.34. The number of benzene rings is 2. The lowest BCUT2D eigenvalue weighted by molar-refractivity contribution is -0.255. The van der Waals surface area contributed by atoms with E-state index < -0.39 is 40.3 Å². The van der Waals surface area contributed by atoms with Crippen molar-refractivity contribution in [1.29, 1.82) is 0 Å². The summed E-state index contributed by atoms with van der Waals surface area (Å²) >= 11 is 0. The third-order valence-corrected chi connectivity index (χ3v) is 6.52. The van der Waals surface area contributed by atoms with Crippen molar-refractivity contribution in [3.05, 3.63) is 95.1 Å². The number of hydrogen-bond donors (Lipinski definition) is 2. The molecule has 0 bridgehead atoms. The summed E-state index contributed by atoms with van der Waals surface area (Å²) in [6.07, 6.45) is 2.54. The van der Waals surface area contributed by atoms with Crippen molar-refractivity contribution in [3.63, 3.8) is 0 Å². The number of hydrogen-bond acceptors (Lipinski definition) is 8. The Morgan fingerprint density at radius 2 is 1.42 bits per heavy atom. The van der Waals surface area contributed by atoms with Gasteiger partial charge in [-0.25, -0.2) is 9.97 Å². The Kier molecular flexibility index (Phi) is 3.26. The molecule has 3 atom stereocenters. The smallest absolute Gasteiger partial charge is 0.233 e. The van der Waals surface area contributed by atoms with Crippen LogP contribution < -0.4 is 0 Å². The fourth-order valence-electron chi connectivity index (χ4n) is 5.22.